The van der Waals surface area contributed by atoms with Crippen molar-refractivity contribution < 1.29 is 14.3 Å². The number of esters is 1. The van der Waals surface area contributed by atoms with Gasteiger partial charge in [0.1, 0.15) is 0 Å². The number of ketones is 1. The minimum Gasteiger partial charge on any atom is -0.469 e. The highest BCUT2D eigenvalue weighted by Gasteiger charge is 2.31. The zero-order chi connectivity index (χ0) is 8.43. The van der Waals surface area contributed by atoms with Crippen molar-refractivity contribution in [3.8, 4) is 0 Å². The molecule has 0 amide bonds. The Morgan fingerprint density at radius 2 is 2.27 bits per heavy atom. The van der Waals surface area contributed by atoms with E-state index in [0.717, 1.165) is 0 Å². The van der Waals surface area contributed by atoms with Crippen LogP contribution in [0.3, 0.4) is 0 Å². The quantitative estimate of drug-likeness (QED) is 0.412. The maximum atomic E-state index is 10.9. The van der Waals surface area contributed by atoms with Crippen LogP contribution in [0.5, 0.6) is 0 Å². The van der Waals surface area contributed by atoms with Crippen LogP contribution in [0.2, 0.25) is 0 Å². The van der Waals surface area contributed by atoms with Crippen LogP contribution in [0.15, 0.2) is 12.2 Å². The molecule has 0 saturated heterocycles. The molecule has 11 heavy (non-hydrogen) atoms. The third kappa shape index (κ3) is 1.48. The average molecular weight is 154 g/mol. The van der Waals surface area contributed by atoms with Gasteiger partial charge in [0.25, 0.3) is 0 Å². The second-order valence-corrected chi connectivity index (χ2v) is 2.66. The Kier molecular flexibility index (Phi) is 2.08. The highest BCUT2D eigenvalue weighted by atomic mass is 16.5. The molecule has 3 nitrogen and oxygen atoms in total. The van der Waals surface area contributed by atoms with Crippen molar-refractivity contribution in [2.75, 3.05) is 7.11 Å². The van der Waals surface area contributed by atoms with E-state index in [4.69, 9.17) is 0 Å². The van der Waals surface area contributed by atoms with E-state index in [9.17, 15) is 9.59 Å². The van der Waals surface area contributed by atoms with Crippen molar-refractivity contribution in [1.82, 2.24) is 0 Å². The zero-order valence-electron chi connectivity index (χ0n) is 6.42. The predicted molar refractivity (Wildman–Crippen MR) is 38.9 cm³/mol. The van der Waals surface area contributed by atoms with Crippen molar-refractivity contribution in [2.24, 2.45) is 5.92 Å². The van der Waals surface area contributed by atoms with E-state index in [0.29, 0.717) is 12.0 Å². The van der Waals surface area contributed by atoms with Gasteiger partial charge in [0.2, 0.25) is 0 Å². The Morgan fingerprint density at radius 3 is 2.64 bits per heavy atom. The van der Waals surface area contributed by atoms with Crippen molar-refractivity contribution in [3.05, 3.63) is 12.2 Å². The first kappa shape index (κ1) is 7.98. The minimum atomic E-state index is -0.308. The molecule has 1 fully saturated rings. The van der Waals surface area contributed by atoms with E-state index in [1.54, 1.807) is 0 Å². The van der Waals surface area contributed by atoms with Crippen LogP contribution in [0.1, 0.15) is 12.8 Å². The lowest BCUT2D eigenvalue weighted by molar-refractivity contribution is -0.145. The normalized spacial score (nSPS) is 23.9. The van der Waals surface area contributed by atoms with Gasteiger partial charge in [-0.05, 0) is 12.0 Å². The lowest BCUT2D eigenvalue weighted by atomic mass is 10.1. The van der Waals surface area contributed by atoms with Crippen LogP contribution in [0.4, 0.5) is 0 Å². The Bertz CT molecular complexity index is 201. The maximum absolute atomic E-state index is 10.9. The van der Waals surface area contributed by atoms with Gasteiger partial charge in [0, 0.05) is 6.42 Å². The van der Waals surface area contributed by atoms with Gasteiger partial charge in [-0.1, -0.05) is 6.58 Å². The largest absolute Gasteiger partial charge is 0.469 e. The minimum absolute atomic E-state index is 0.0135. The number of ether oxygens (including phenoxy) is 1. The van der Waals surface area contributed by atoms with Crippen molar-refractivity contribution in [3.63, 3.8) is 0 Å². The molecule has 0 spiro atoms. The maximum Gasteiger partial charge on any atom is 0.309 e. The summed E-state index contributed by atoms with van der Waals surface area (Å²) < 4.78 is 4.50. The van der Waals surface area contributed by atoms with Gasteiger partial charge in [-0.3, -0.25) is 9.59 Å². The fourth-order valence-corrected chi connectivity index (χ4v) is 1.18. The SMILES string of the molecule is C=C1C[C@@H](C(=O)OC)CC1=O. The van der Waals surface area contributed by atoms with E-state index in [1.807, 2.05) is 0 Å². The molecule has 3 heteroatoms. The number of rotatable bonds is 1. The second kappa shape index (κ2) is 2.86. The summed E-state index contributed by atoms with van der Waals surface area (Å²) in [6.07, 6.45) is 0.733. The first-order chi connectivity index (χ1) is 5.15. The third-order valence-electron chi connectivity index (χ3n) is 1.85. The smallest absolute Gasteiger partial charge is 0.309 e. The van der Waals surface area contributed by atoms with Crippen LogP contribution in [-0.2, 0) is 14.3 Å². The summed E-state index contributed by atoms with van der Waals surface area (Å²) in [5.41, 5.74) is 0.542. The third-order valence-corrected chi connectivity index (χ3v) is 1.85. The summed E-state index contributed by atoms with van der Waals surface area (Å²) in [7, 11) is 1.33. The number of hydrogen-bond donors (Lipinski definition) is 0. The Morgan fingerprint density at radius 1 is 1.64 bits per heavy atom. The molecular formula is C8H10O3. The number of Topliss-reactive ketones (excluding diaryl/α,β-unsaturated/α-hetero) is 1. The van der Waals surface area contributed by atoms with Crippen LogP contribution in [0, 0.1) is 5.92 Å². The summed E-state index contributed by atoms with van der Waals surface area (Å²) >= 11 is 0. The molecule has 0 aromatic heterocycles. The highest BCUT2D eigenvalue weighted by molar-refractivity contribution is 6.00. The van der Waals surface area contributed by atoms with Gasteiger partial charge in [-0.15, -0.1) is 0 Å². The van der Waals surface area contributed by atoms with Gasteiger partial charge in [0.05, 0.1) is 13.0 Å². The molecule has 0 aliphatic heterocycles. The van der Waals surface area contributed by atoms with Crippen LogP contribution in [-0.4, -0.2) is 18.9 Å². The van der Waals surface area contributed by atoms with Crippen LogP contribution in [0.25, 0.3) is 0 Å². The van der Waals surface area contributed by atoms with Gasteiger partial charge >= 0.3 is 5.97 Å². The Hall–Kier alpha value is -1.12. The molecular weight excluding hydrogens is 144 g/mol. The van der Waals surface area contributed by atoms with Crippen molar-refractivity contribution in [1.29, 1.82) is 0 Å². The number of carbonyl (C=O) groups is 2. The Labute approximate surface area is 65.0 Å². The van der Waals surface area contributed by atoms with Gasteiger partial charge in [0.15, 0.2) is 5.78 Å². The summed E-state index contributed by atoms with van der Waals surface area (Å²) in [4.78, 5) is 21.8. The molecule has 0 heterocycles. The lowest BCUT2D eigenvalue weighted by Crippen LogP contribution is -2.12. The second-order valence-electron chi connectivity index (χ2n) is 2.66. The van der Waals surface area contributed by atoms with Gasteiger partial charge < -0.3 is 4.74 Å². The molecule has 1 saturated carbocycles. The fraction of sp³-hybridized carbons (Fsp3) is 0.500. The monoisotopic (exact) mass is 154 g/mol. The number of methoxy groups -OCH3 is 1. The van der Waals surface area contributed by atoms with Crippen LogP contribution < -0.4 is 0 Å². The number of allylic oxidation sites excluding steroid dienone is 1. The molecule has 1 aliphatic carbocycles. The molecule has 0 radical (unpaired) electrons. The summed E-state index contributed by atoms with van der Waals surface area (Å²) in [5, 5.41) is 0. The molecule has 0 aromatic carbocycles. The highest BCUT2D eigenvalue weighted by Crippen LogP contribution is 2.26. The molecule has 1 rings (SSSR count). The van der Waals surface area contributed by atoms with Crippen molar-refractivity contribution >= 4 is 11.8 Å². The predicted octanol–water partition coefficient (Wildman–Crippen LogP) is 0.695. The zero-order valence-corrected chi connectivity index (χ0v) is 6.42. The van der Waals surface area contributed by atoms with E-state index in [1.165, 1.54) is 7.11 Å². The standard InChI is InChI=1S/C8H10O3/c1-5-3-6(4-7(5)9)8(10)11-2/h6H,1,3-4H2,2H3/t6-/m1/s1. The van der Waals surface area contributed by atoms with E-state index in [2.05, 4.69) is 11.3 Å². The van der Waals surface area contributed by atoms with Crippen LogP contribution >= 0.6 is 0 Å². The fourth-order valence-electron chi connectivity index (χ4n) is 1.18. The van der Waals surface area contributed by atoms with Crippen molar-refractivity contribution in [2.45, 2.75) is 12.8 Å². The van der Waals surface area contributed by atoms with E-state index >= 15 is 0 Å². The molecule has 60 valence electrons. The van der Waals surface area contributed by atoms with E-state index in [-0.39, 0.29) is 24.1 Å². The summed E-state index contributed by atoms with van der Waals surface area (Å²) in [6, 6.07) is 0. The summed E-state index contributed by atoms with van der Waals surface area (Å²) in [6.45, 7) is 3.54. The molecule has 0 N–H and O–H groups in total. The first-order valence-corrected chi connectivity index (χ1v) is 3.44. The average Bonchev–Trinajstić information content (AvgIpc) is 2.31. The molecule has 0 aromatic rings. The summed E-state index contributed by atoms with van der Waals surface area (Å²) in [5.74, 6) is -0.600. The lowest BCUT2D eigenvalue weighted by Gasteiger charge is -2.02. The molecule has 0 unspecified atom stereocenters. The molecule has 1 atom stereocenters. The van der Waals surface area contributed by atoms with Gasteiger partial charge in [-0.2, -0.15) is 0 Å². The number of hydrogen-bond acceptors (Lipinski definition) is 3. The first-order valence-electron chi connectivity index (χ1n) is 3.44. The topological polar surface area (TPSA) is 43.4 Å². The Balaban J connectivity index is 2.60. The van der Waals surface area contributed by atoms with E-state index < -0.39 is 0 Å². The molecule has 1 aliphatic rings. The number of carbonyl (C=O) groups excluding carboxylic acids is 2. The van der Waals surface area contributed by atoms with Gasteiger partial charge in [-0.25, -0.2) is 0 Å². The molecule has 0 bridgehead atoms.